The molecule has 0 saturated carbocycles. The maximum Gasteiger partial charge on any atom is 0.0840 e. The van der Waals surface area contributed by atoms with Crippen LogP contribution in [0.5, 0.6) is 0 Å². The average molecular weight is 149 g/mol. The zero-order valence-corrected chi connectivity index (χ0v) is 6.20. The summed E-state index contributed by atoms with van der Waals surface area (Å²) in [4.78, 5) is 3.78. The van der Waals surface area contributed by atoms with Crippen LogP contribution < -0.4 is 10.6 Å². The second-order valence-electron chi connectivity index (χ2n) is 1.94. The molecule has 0 unspecified atom stereocenters. The summed E-state index contributed by atoms with van der Waals surface area (Å²) < 4.78 is 0. The van der Waals surface area contributed by atoms with Crippen LogP contribution in [0.25, 0.3) is 0 Å². The largest absolute Gasteiger partial charge is 0.373 e. The van der Waals surface area contributed by atoms with Gasteiger partial charge < -0.3 is 10.6 Å². The third kappa shape index (κ3) is 3.97. The molecule has 1 aromatic rings. The lowest BCUT2D eigenvalue weighted by Crippen LogP contribution is -2.10. The zero-order valence-electron chi connectivity index (χ0n) is 6.20. The van der Waals surface area contributed by atoms with Crippen LogP contribution in [0.2, 0.25) is 0 Å². The summed E-state index contributed by atoms with van der Waals surface area (Å²) >= 11 is 0. The van der Waals surface area contributed by atoms with Gasteiger partial charge in [0.25, 0.3) is 0 Å². The fraction of sp³-hybridized carbons (Fsp3) is 0.125. The molecule has 0 radical (unpaired) electrons. The van der Waals surface area contributed by atoms with Crippen LogP contribution in [0.1, 0.15) is 0 Å². The van der Waals surface area contributed by atoms with Crippen LogP contribution in [-0.2, 0) is 0 Å². The molecule has 0 aliphatic carbocycles. The van der Waals surface area contributed by atoms with Gasteiger partial charge in [-0.1, -0.05) is 6.07 Å². The van der Waals surface area contributed by atoms with E-state index >= 15 is 0 Å². The summed E-state index contributed by atoms with van der Waals surface area (Å²) in [6.07, 6.45) is 7.25. The van der Waals surface area contributed by atoms with Crippen molar-refractivity contribution in [2.75, 3.05) is 6.67 Å². The fourth-order valence-corrected chi connectivity index (χ4v) is 0.607. The Hall–Kier alpha value is -1.51. The summed E-state index contributed by atoms with van der Waals surface area (Å²) in [7, 11) is 0. The highest BCUT2D eigenvalue weighted by Gasteiger charge is 1.77. The van der Waals surface area contributed by atoms with Crippen LogP contribution in [-0.4, -0.2) is 11.7 Å². The predicted molar refractivity (Wildman–Crippen MR) is 44.5 cm³/mol. The first kappa shape index (κ1) is 7.60. The van der Waals surface area contributed by atoms with Crippen LogP contribution in [0, 0.1) is 0 Å². The molecule has 0 fully saturated rings. The topological polar surface area (TPSA) is 37.0 Å². The lowest BCUT2D eigenvalue weighted by atomic mass is 10.5. The van der Waals surface area contributed by atoms with Gasteiger partial charge in [0.2, 0.25) is 0 Å². The zero-order chi connectivity index (χ0) is 7.78. The van der Waals surface area contributed by atoms with Crippen molar-refractivity contribution in [1.29, 1.82) is 0 Å². The molecule has 3 nitrogen and oxygen atoms in total. The van der Waals surface area contributed by atoms with E-state index in [0.29, 0.717) is 0 Å². The summed E-state index contributed by atoms with van der Waals surface area (Å²) in [5, 5.41) is 5.86. The van der Waals surface area contributed by atoms with Crippen LogP contribution >= 0.6 is 0 Å². The Bertz CT molecular complexity index is 163. The molecule has 0 aromatic carbocycles. The molecular formula is C8H11N3. The van der Waals surface area contributed by atoms with Crippen molar-refractivity contribution in [2.45, 2.75) is 0 Å². The molecule has 3 heteroatoms. The van der Waals surface area contributed by atoms with Gasteiger partial charge in [0.15, 0.2) is 0 Å². The molecule has 0 atom stereocenters. The molecule has 11 heavy (non-hydrogen) atoms. The van der Waals surface area contributed by atoms with E-state index in [4.69, 9.17) is 0 Å². The summed E-state index contributed by atoms with van der Waals surface area (Å²) in [6, 6.07) is 5.72. The lowest BCUT2D eigenvalue weighted by molar-refractivity contribution is 0.836. The number of nitrogens with one attached hydrogen (secondary N) is 2. The van der Waals surface area contributed by atoms with E-state index in [1.165, 1.54) is 0 Å². The highest BCUT2D eigenvalue weighted by Crippen LogP contribution is 1.73. The van der Waals surface area contributed by atoms with Crippen molar-refractivity contribution in [2.24, 2.45) is 0 Å². The maximum absolute atomic E-state index is 3.78. The molecule has 0 spiro atoms. The second kappa shape index (κ2) is 5.29. The molecule has 0 saturated heterocycles. The highest BCUT2D eigenvalue weighted by atomic mass is 15.1. The molecular weight excluding hydrogens is 138 g/mol. The van der Waals surface area contributed by atoms with E-state index in [9.17, 15) is 0 Å². The van der Waals surface area contributed by atoms with E-state index in [0.717, 1.165) is 6.67 Å². The predicted octanol–water partition coefficient (Wildman–Crippen LogP) is 0.689. The first-order chi connectivity index (χ1) is 5.50. The normalized spacial score (nSPS) is 12.4. The molecule has 2 rings (SSSR count). The van der Waals surface area contributed by atoms with E-state index in [-0.39, 0.29) is 0 Å². The van der Waals surface area contributed by atoms with Gasteiger partial charge in [-0.3, -0.25) is 4.98 Å². The molecule has 1 aromatic heterocycles. The number of aromatic nitrogens is 1. The first-order valence-corrected chi connectivity index (χ1v) is 3.47. The van der Waals surface area contributed by atoms with Crippen LogP contribution in [0.4, 0.5) is 0 Å². The Morgan fingerprint density at radius 1 is 0.909 bits per heavy atom. The van der Waals surface area contributed by atoms with E-state index in [2.05, 4.69) is 15.6 Å². The Labute approximate surface area is 66.2 Å². The molecule has 1 aliphatic rings. The average Bonchev–Trinajstić information content (AvgIpc) is 2.64. The Morgan fingerprint density at radius 3 is 1.73 bits per heavy atom. The van der Waals surface area contributed by atoms with E-state index in [1.807, 2.05) is 30.6 Å². The molecule has 0 bridgehead atoms. The number of hydrogen-bond acceptors (Lipinski definition) is 3. The third-order valence-corrected chi connectivity index (χ3v) is 1.09. The van der Waals surface area contributed by atoms with Crippen molar-refractivity contribution in [1.82, 2.24) is 15.6 Å². The monoisotopic (exact) mass is 149 g/mol. The van der Waals surface area contributed by atoms with Gasteiger partial charge in [-0.25, -0.2) is 0 Å². The molecule has 2 N–H and O–H groups in total. The summed E-state index contributed by atoms with van der Waals surface area (Å²) in [5.74, 6) is 0. The van der Waals surface area contributed by atoms with Gasteiger partial charge in [-0.15, -0.1) is 0 Å². The number of nitrogens with zero attached hydrogens (tertiary/aromatic N) is 1. The van der Waals surface area contributed by atoms with Gasteiger partial charge in [0, 0.05) is 24.8 Å². The smallest absolute Gasteiger partial charge is 0.0840 e. The van der Waals surface area contributed by atoms with Crippen molar-refractivity contribution in [3.63, 3.8) is 0 Å². The van der Waals surface area contributed by atoms with Crippen molar-refractivity contribution in [3.05, 3.63) is 43.0 Å². The fourth-order valence-electron chi connectivity index (χ4n) is 0.607. The lowest BCUT2D eigenvalue weighted by Gasteiger charge is -1.82. The number of pyridine rings is 1. The van der Waals surface area contributed by atoms with E-state index < -0.39 is 0 Å². The van der Waals surface area contributed by atoms with Crippen molar-refractivity contribution in [3.8, 4) is 0 Å². The standard InChI is InChI=1S/C5H5N.C3H6N2/c1-2-4-6-5-3-1;1-2-5-3-4-1/h1-5H;1-2,4-5H,3H2. The summed E-state index contributed by atoms with van der Waals surface area (Å²) in [5.41, 5.74) is 0. The minimum absolute atomic E-state index is 0.889. The van der Waals surface area contributed by atoms with Gasteiger partial charge >= 0.3 is 0 Å². The van der Waals surface area contributed by atoms with Gasteiger partial charge in [-0.05, 0) is 12.1 Å². The van der Waals surface area contributed by atoms with Gasteiger partial charge in [-0.2, -0.15) is 0 Å². The minimum atomic E-state index is 0.889. The number of hydrogen-bond donors (Lipinski definition) is 2. The van der Waals surface area contributed by atoms with E-state index in [1.54, 1.807) is 12.4 Å². The minimum Gasteiger partial charge on any atom is -0.373 e. The third-order valence-electron chi connectivity index (χ3n) is 1.09. The molecule has 2 heterocycles. The van der Waals surface area contributed by atoms with Gasteiger partial charge in [0.05, 0.1) is 6.67 Å². The maximum atomic E-state index is 3.78. The SMILES string of the molecule is C1=CNCN1.c1ccncc1. The Kier molecular flexibility index (Phi) is 3.65. The quantitative estimate of drug-likeness (QED) is 0.570. The van der Waals surface area contributed by atoms with Crippen LogP contribution in [0.15, 0.2) is 43.0 Å². The second-order valence-corrected chi connectivity index (χ2v) is 1.94. The first-order valence-electron chi connectivity index (χ1n) is 3.47. The number of rotatable bonds is 0. The Balaban J connectivity index is 0.000000112. The molecule has 1 aliphatic heterocycles. The summed E-state index contributed by atoms with van der Waals surface area (Å²) in [6.45, 7) is 0.889. The highest BCUT2D eigenvalue weighted by molar-refractivity contribution is 4.88. The van der Waals surface area contributed by atoms with Crippen LogP contribution in [0.3, 0.4) is 0 Å². The van der Waals surface area contributed by atoms with Crippen molar-refractivity contribution >= 4 is 0 Å². The Morgan fingerprint density at radius 2 is 1.55 bits per heavy atom. The van der Waals surface area contributed by atoms with Crippen molar-refractivity contribution < 1.29 is 0 Å². The molecule has 0 amide bonds. The van der Waals surface area contributed by atoms with Gasteiger partial charge in [0.1, 0.15) is 0 Å². The molecule has 58 valence electrons.